The number of amidine groups is 1. The van der Waals surface area contributed by atoms with Gasteiger partial charge in [0.25, 0.3) is 0 Å². The van der Waals surface area contributed by atoms with Crippen molar-refractivity contribution in [3.05, 3.63) is 65.7 Å². The summed E-state index contributed by atoms with van der Waals surface area (Å²) in [7, 11) is 0. The summed E-state index contributed by atoms with van der Waals surface area (Å²) in [5.41, 5.74) is 6.95. The number of hydrogen-bond acceptors (Lipinski definition) is 5. The number of nitrogens with one attached hydrogen (secondary N) is 3. The van der Waals surface area contributed by atoms with Crippen LogP contribution < -0.4 is 16.4 Å². The standard InChI is InChI=1S/C10H18N2O.C9H11N3O.C6H6O/c13-10(12-7-3-4-8-12)9-5-1-2-6-11-9;10-9(11)8-3-1-7(2-4-8)5-12-6-13;7-6-4-2-1-3-5-6/h9,11H,1-8H2;1-4,6H,5H2,(H3,10,11)(H,12,13);1-5,7H. The van der Waals surface area contributed by atoms with Crippen molar-refractivity contribution >= 4 is 18.2 Å². The number of piperidine rings is 1. The van der Waals surface area contributed by atoms with Crippen LogP contribution >= 0.6 is 0 Å². The van der Waals surface area contributed by atoms with E-state index in [9.17, 15) is 9.59 Å². The molecule has 2 aromatic carbocycles. The molecule has 2 aliphatic rings. The lowest BCUT2D eigenvalue weighted by Gasteiger charge is -2.26. The average Bonchev–Trinajstić information content (AvgIpc) is 3.39. The van der Waals surface area contributed by atoms with Crippen LogP contribution in [0.2, 0.25) is 0 Å². The molecule has 2 saturated heterocycles. The van der Waals surface area contributed by atoms with Crippen molar-refractivity contribution in [3.63, 3.8) is 0 Å². The lowest BCUT2D eigenvalue weighted by Crippen LogP contribution is -2.47. The van der Waals surface area contributed by atoms with Gasteiger partial charge in [0.05, 0.1) is 6.04 Å². The minimum Gasteiger partial charge on any atom is -0.508 e. The number of phenols is 1. The molecule has 2 aromatic rings. The third-order valence-electron chi connectivity index (χ3n) is 5.44. The summed E-state index contributed by atoms with van der Waals surface area (Å²) in [6, 6.07) is 16.0. The van der Waals surface area contributed by atoms with Gasteiger partial charge in [0.1, 0.15) is 11.6 Å². The number of nitrogens with two attached hydrogens (primary N) is 1. The molecule has 1 atom stereocenters. The van der Waals surface area contributed by atoms with E-state index in [4.69, 9.17) is 16.2 Å². The maximum Gasteiger partial charge on any atom is 0.239 e. The summed E-state index contributed by atoms with van der Waals surface area (Å²) in [6.07, 6.45) is 6.51. The maximum atomic E-state index is 11.9. The number of rotatable bonds is 5. The molecule has 8 heteroatoms. The summed E-state index contributed by atoms with van der Waals surface area (Å²) < 4.78 is 0. The Labute approximate surface area is 195 Å². The highest BCUT2D eigenvalue weighted by Crippen LogP contribution is 2.14. The molecule has 0 bridgehead atoms. The van der Waals surface area contributed by atoms with E-state index in [1.807, 2.05) is 23.1 Å². The maximum absolute atomic E-state index is 11.9. The van der Waals surface area contributed by atoms with Gasteiger partial charge in [-0.1, -0.05) is 48.9 Å². The van der Waals surface area contributed by atoms with Gasteiger partial charge in [-0.15, -0.1) is 0 Å². The van der Waals surface area contributed by atoms with E-state index in [-0.39, 0.29) is 11.9 Å². The molecule has 0 aromatic heterocycles. The topological polar surface area (TPSA) is 132 Å². The molecule has 178 valence electrons. The van der Waals surface area contributed by atoms with Gasteiger partial charge in [0.2, 0.25) is 12.3 Å². The highest BCUT2D eigenvalue weighted by molar-refractivity contribution is 5.94. The molecule has 2 fully saturated rings. The summed E-state index contributed by atoms with van der Waals surface area (Å²) in [5.74, 6) is 0.717. The van der Waals surface area contributed by atoms with Gasteiger partial charge >= 0.3 is 0 Å². The van der Waals surface area contributed by atoms with Crippen LogP contribution in [0.5, 0.6) is 5.75 Å². The van der Waals surface area contributed by atoms with Crippen LogP contribution in [-0.4, -0.2) is 53.8 Å². The van der Waals surface area contributed by atoms with Crippen molar-refractivity contribution < 1.29 is 14.7 Å². The zero-order valence-corrected chi connectivity index (χ0v) is 19.0. The second-order valence-corrected chi connectivity index (χ2v) is 7.98. The second-order valence-electron chi connectivity index (χ2n) is 7.98. The van der Waals surface area contributed by atoms with Crippen LogP contribution in [0.3, 0.4) is 0 Å². The van der Waals surface area contributed by atoms with Crippen molar-refractivity contribution in [2.45, 2.75) is 44.7 Å². The minimum atomic E-state index is 0.0508. The molecule has 1 unspecified atom stereocenters. The minimum absolute atomic E-state index is 0.0508. The molecule has 2 heterocycles. The molecule has 6 N–H and O–H groups in total. The first-order chi connectivity index (χ1) is 16.0. The average molecular weight is 454 g/mol. The Bertz CT molecular complexity index is 846. The number of carbonyl (C=O) groups is 2. The smallest absolute Gasteiger partial charge is 0.239 e. The number of nitrogens with zero attached hydrogens (tertiary/aromatic N) is 1. The Morgan fingerprint density at radius 3 is 2.24 bits per heavy atom. The van der Waals surface area contributed by atoms with Crippen LogP contribution in [-0.2, 0) is 16.1 Å². The van der Waals surface area contributed by atoms with Gasteiger partial charge in [-0.25, -0.2) is 0 Å². The van der Waals surface area contributed by atoms with E-state index in [0.29, 0.717) is 30.2 Å². The number of benzene rings is 2. The Morgan fingerprint density at radius 2 is 1.76 bits per heavy atom. The third-order valence-corrected chi connectivity index (χ3v) is 5.44. The van der Waals surface area contributed by atoms with Crippen LogP contribution in [0.4, 0.5) is 0 Å². The second kappa shape index (κ2) is 14.6. The number of aromatic hydroxyl groups is 1. The van der Waals surface area contributed by atoms with E-state index in [1.54, 1.807) is 36.4 Å². The molecular weight excluding hydrogens is 418 g/mol. The number of nitrogen functional groups attached to an aromatic ring is 1. The fraction of sp³-hybridized carbons (Fsp3) is 0.400. The molecule has 4 rings (SSSR count). The first kappa shape index (κ1) is 25.9. The monoisotopic (exact) mass is 453 g/mol. The van der Waals surface area contributed by atoms with Crippen LogP contribution in [0, 0.1) is 5.41 Å². The molecule has 2 amide bonds. The van der Waals surface area contributed by atoms with E-state index < -0.39 is 0 Å². The van der Waals surface area contributed by atoms with E-state index in [2.05, 4.69) is 10.6 Å². The lowest BCUT2D eigenvalue weighted by atomic mass is 10.0. The van der Waals surface area contributed by atoms with Crippen molar-refractivity contribution in [2.75, 3.05) is 19.6 Å². The van der Waals surface area contributed by atoms with Gasteiger partial charge in [0.15, 0.2) is 0 Å². The Kier molecular flexibility index (Phi) is 11.5. The van der Waals surface area contributed by atoms with Gasteiger partial charge in [-0.2, -0.15) is 0 Å². The SMILES string of the molecule is N=C(N)c1ccc(CNC=O)cc1.O=C(C1CCCCN1)N1CCCC1.Oc1ccccc1. The molecule has 0 spiro atoms. The lowest BCUT2D eigenvalue weighted by molar-refractivity contribution is -0.132. The molecule has 2 aliphatic heterocycles. The highest BCUT2D eigenvalue weighted by Gasteiger charge is 2.26. The summed E-state index contributed by atoms with van der Waals surface area (Å²) in [5, 5.41) is 21.6. The van der Waals surface area contributed by atoms with E-state index >= 15 is 0 Å². The fourth-order valence-corrected chi connectivity index (χ4v) is 3.61. The number of likely N-dealkylation sites (tertiary alicyclic amines) is 1. The van der Waals surface area contributed by atoms with E-state index in [0.717, 1.165) is 31.6 Å². The number of para-hydroxylation sites is 1. The first-order valence-electron chi connectivity index (χ1n) is 11.4. The largest absolute Gasteiger partial charge is 0.508 e. The van der Waals surface area contributed by atoms with Crippen LogP contribution in [0.15, 0.2) is 54.6 Å². The van der Waals surface area contributed by atoms with Gasteiger partial charge in [0, 0.05) is 25.2 Å². The molecule has 0 aliphatic carbocycles. The zero-order valence-electron chi connectivity index (χ0n) is 19.0. The Morgan fingerprint density at radius 1 is 1.09 bits per heavy atom. The molecular formula is C25H35N5O3. The molecule has 0 saturated carbocycles. The van der Waals surface area contributed by atoms with E-state index in [1.165, 1.54) is 25.7 Å². The summed E-state index contributed by atoms with van der Waals surface area (Å²) in [4.78, 5) is 23.9. The Hall–Kier alpha value is -3.39. The van der Waals surface area contributed by atoms with Gasteiger partial charge < -0.3 is 26.4 Å². The Balaban J connectivity index is 0.000000184. The number of hydrogen-bond donors (Lipinski definition) is 5. The van der Waals surface area contributed by atoms with Crippen molar-refractivity contribution in [1.82, 2.24) is 15.5 Å². The fourth-order valence-electron chi connectivity index (χ4n) is 3.61. The predicted octanol–water partition coefficient (Wildman–Crippen LogP) is 2.36. The molecule has 8 nitrogen and oxygen atoms in total. The van der Waals surface area contributed by atoms with Gasteiger partial charge in [-0.3, -0.25) is 15.0 Å². The zero-order chi connectivity index (χ0) is 23.9. The molecule has 0 radical (unpaired) electrons. The third kappa shape index (κ3) is 9.74. The number of amides is 2. The highest BCUT2D eigenvalue weighted by atomic mass is 16.3. The van der Waals surface area contributed by atoms with Crippen LogP contribution in [0.25, 0.3) is 0 Å². The summed E-state index contributed by atoms with van der Waals surface area (Å²) in [6.45, 7) is 3.49. The quantitative estimate of drug-likeness (QED) is 0.269. The predicted molar refractivity (Wildman–Crippen MR) is 130 cm³/mol. The molecule has 33 heavy (non-hydrogen) atoms. The van der Waals surface area contributed by atoms with Crippen molar-refractivity contribution in [3.8, 4) is 5.75 Å². The van der Waals surface area contributed by atoms with Crippen molar-refractivity contribution in [2.24, 2.45) is 5.73 Å². The number of phenolic OH excluding ortho intramolecular Hbond substituents is 1. The van der Waals surface area contributed by atoms with Crippen LogP contribution in [0.1, 0.15) is 43.2 Å². The van der Waals surface area contributed by atoms with Crippen molar-refractivity contribution in [1.29, 1.82) is 5.41 Å². The first-order valence-corrected chi connectivity index (χ1v) is 11.4. The summed E-state index contributed by atoms with van der Waals surface area (Å²) >= 11 is 0. The van der Waals surface area contributed by atoms with Gasteiger partial charge in [-0.05, 0) is 49.9 Å². The normalized spacial score (nSPS) is 17.0. The number of carbonyl (C=O) groups excluding carboxylic acids is 2.